The summed E-state index contributed by atoms with van der Waals surface area (Å²) < 4.78 is 5.27. The van der Waals surface area contributed by atoms with E-state index in [1.54, 1.807) is 13.4 Å². The summed E-state index contributed by atoms with van der Waals surface area (Å²) in [6, 6.07) is 8.31. The zero-order valence-corrected chi connectivity index (χ0v) is 14.2. The molecule has 0 unspecified atom stereocenters. The maximum atomic E-state index is 5.27. The quantitative estimate of drug-likeness (QED) is 0.666. The fourth-order valence-corrected chi connectivity index (χ4v) is 2.56. The fourth-order valence-electron chi connectivity index (χ4n) is 2.56. The molecule has 1 heterocycles. The van der Waals surface area contributed by atoms with Crippen LogP contribution in [0.4, 0.5) is 5.82 Å². The van der Waals surface area contributed by atoms with Crippen LogP contribution in [0.25, 0.3) is 0 Å². The number of methoxy groups -OCH3 is 1. The lowest BCUT2D eigenvalue weighted by Gasteiger charge is -2.10. The van der Waals surface area contributed by atoms with Crippen LogP contribution in [-0.4, -0.2) is 23.6 Å². The summed E-state index contributed by atoms with van der Waals surface area (Å²) in [6.45, 7) is 3.17. The van der Waals surface area contributed by atoms with Gasteiger partial charge in [-0.05, 0) is 49.8 Å². The smallest absolute Gasteiger partial charge is 0.132 e. The highest BCUT2D eigenvalue weighted by Gasteiger charge is 2.04. The second-order valence-corrected chi connectivity index (χ2v) is 5.74. The fraction of sp³-hybridized carbons (Fsp3) is 0.474. The van der Waals surface area contributed by atoms with Crippen molar-refractivity contribution in [3.05, 3.63) is 47.9 Å². The number of ether oxygens (including phenoxy) is 1. The lowest BCUT2D eigenvalue weighted by atomic mass is 10.0. The Balaban J connectivity index is 1.79. The monoisotopic (exact) mass is 313 g/mol. The van der Waals surface area contributed by atoms with Gasteiger partial charge in [0, 0.05) is 18.3 Å². The van der Waals surface area contributed by atoms with Crippen LogP contribution in [-0.2, 0) is 12.8 Å². The zero-order valence-electron chi connectivity index (χ0n) is 14.2. The van der Waals surface area contributed by atoms with Crippen molar-refractivity contribution in [3.63, 3.8) is 0 Å². The van der Waals surface area contributed by atoms with Gasteiger partial charge in [-0.15, -0.1) is 0 Å². The lowest BCUT2D eigenvalue weighted by Crippen LogP contribution is -2.06. The van der Waals surface area contributed by atoms with Crippen molar-refractivity contribution in [1.82, 2.24) is 9.97 Å². The molecule has 0 aliphatic heterocycles. The van der Waals surface area contributed by atoms with Crippen molar-refractivity contribution in [3.8, 4) is 5.75 Å². The number of nitrogens with zero attached hydrogens (tertiary/aromatic N) is 2. The average Bonchev–Trinajstić information content (AvgIpc) is 2.60. The van der Waals surface area contributed by atoms with Crippen LogP contribution in [0.1, 0.15) is 43.7 Å². The zero-order chi connectivity index (χ0) is 16.3. The Hall–Kier alpha value is -2.10. The molecule has 2 aromatic rings. The first-order valence-corrected chi connectivity index (χ1v) is 8.49. The van der Waals surface area contributed by atoms with Crippen LogP contribution in [0.2, 0.25) is 0 Å². The number of unbranched alkanes of at least 4 members (excludes halogenated alkanes) is 2. The molecule has 4 nitrogen and oxygen atoms in total. The first-order valence-electron chi connectivity index (χ1n) is 8.49. The normalized spacial score (nSPS) is 10.5. The average molecular weight is 313 g/mol. The van der Waals surface area contributed by atoms with Gasteiger partial charge < -0.3 is 10.1 Å². The summed E-state index contributed by atoms with van der Waals surface area (Å²) in [5.41, 5.74) is 2.55. The molecule has 0 aliphatic rings. The van der Waals surface area contributed by atoms with E-state index in [-0.39, 0.29) is 0 Å². The molecular weight excluding hydrogens is 286 g/mol. The van der Waals surface area contributed by atoms with E-state index in [9.17, 15) is 0 Å². The van der Waals surface area contributed by atoms with E-state index in [2.05, 4.69) is 40.4 Å². The van der Waals surface area contributed by atoms with Crippen LogP contribution in [0.3, 0.4) is 0 Å². The van der Waals surface area contributed by atoms with Crippen molar-refractivity contribution in [2.75, 3.05) is 19.0 Å². The molecule has 23 heavy (non-hydrogen) atoms. The van der Waals surface area contributed by atoms with Crippen LogP contribution in [0, 0.1) is 0 Å². The summed E-state index contributed by atoms with van der Waals surface area (Å²) in [7, 11) is 1.71. The number of benzene rings is 1. The van der Waals surface area contributed by atoms with Crippen LogP contribution >= 0.6 is 0 Å². The molecule has 1 aromatic heterocycles. The minimum Gasteiger partial charge on any atom is -0.497 e. The predicted molar refractivity (Wildman–Crippen MR) is 95.1 cm³/mol. The van der Waals surface area contributed by atoms with Crippen LogP contribution in [0.5, 0.6) is 5.75 Å². The van der Waals surface area contributed by atoms with Gasteiger partial charge in [0.05, 0.1) is 7.11 Å². The molecule has 2 rings (SSSR count). The molecule has 0 amide bonds. The van der Waals surface area contributed by atoms with Gasteiger partial charge in [-0.2, -0.15) is 0 Å². The van der Waals surface area contributed by atoms with Crippen LogP contribution < -0.4 is 10.1 Å². The van der Waals surface area contributed by atoms with E-state index >= 15 is 0 Å². The SMILES string of the molecule is CCCCNc1ncncc1CCCCc1cccc(OC)c1. The first-order chi connectivity index (χ1) is 11.3. The highest BCUT2D eigenvalue weighted by atomic mass is 16.5. The molecule has 0 fully saturated rings. The van der Waals surface area contributed by atoms with Gasteiger partial charge in [0.15, 0.2) is 0 Å². The Kier molecular flexibility index (Phi) is 7.37. The number of rotatable bonds is 10. The van der Waals surface area contributed by atoms with E-state index in [4.69, 9.17) is 4.74 Å². The Morgan fingerprint density at radius 1 is 1.13 bits per heavy atom. The number of anilines is 1. The molecule has 1 aromatic carbocycles. The second kappa shape index (κ2) is 9.82. The molecule has 0 bridgehead atoms. The molecular formula is C19H27N3O. The van der Waals surface area contributed by atoms with Gasteiger partial charge in [0.25, 0.3) is 0 Å². The molecule has 4 heteroatoms. The lowest BCUT2D eigenvalue weighted by molar-refractivity contribution is 0.414. The van der Waals surface area contributed by atoms with Gasteiger partial charge >= 0.3 is 0 Å². The molecule has 0 saturated carbocycles. The van der Waals surface area contributed by atoms with Gasteiger partial charge in [-0.3, -0.25) is 0 Å². The molecule has 124 valence electrons. The Labute approximate surface area is 139 Å². The highest BCUT2D eigenvalue weighted by molar-refractivity contribution is 5.42. The largest absolute Gasteiger partial charge is 0.497 e. The minimum atomic E-state index is 0.932. The van der Waals surface area contributed by atoms with Crippen molar-refractivity contribution < 1.29 is 4.74 Å². The first kappa shape index (κ1) is 17.3. The topological polar surface area (TPSA) is 47.0 Å². The second-order valence-electron chi connectivity index (χ2n) is 5.74. The maximum absolute atomic E-state index is 5.27. The standard InChI is InChI=1S/C19H27N3O/c1-3-4-12-21-19-17(14-20-15-22-19)10-6-5-8-16-9-7-11-18(13-16)23-2/h7,9,11,13-15H,3-6,8,10,12H2,1-2H3,(H,20,21,22). The van der Waals surface area contributed by atoms with Gasteiger partial charge in [0.2, 0.25) is 0 Å². The molecule has 0 spiro atoms. The van der Waals surface area contributed by atoms with Gasteiger partial charge in [-0.25, -0.2) is 9.97 Å². The minimum absolute atomic E-state index is 0.932. The van der Waals surface area contributed by atoms with Crippen molar-refractivity contribution >= 4 is 5.82 Å². The van der Waals surface area contributed by atoms with Crippen molar-refractivity contribution in [2.24, 2.45) is 0 Å². The Bertz CT molecular complexity index is 586. The maximum Gasteiger partial charge on any atom is 0.132 e. The van der Waals surface area contributed by atoms with E-state index in [0.717, 1.165) is 43.8 Å². The molecule has 1 N–H and O–H groups in total. The third kappa shape index (κ3) is 5.89. The molecule has 0 saturated heterocycles. The number of hydrogen-bond acceptors (Lipinski definition) is 4. The highest BCUT2D eigenvalue weighted by Crippen LogP contribution is 2.17. The summed E-state index contributed by atoms with van der Waals surface area (Å²) in [5.74, 6) is 1.93. The van der Waals surface area contributed by atoms with Gasteiger partial charge in [0.1, 0.15) is 17.9 Å². The third-order valence-electron chi connectivity index (χ3n) is 3.91. The summed E-state index contributed by atoms with van der Waals surface area (Å²) in [5, 5.41) is 3.42. The van der Waals surface area contributed by atoms with Crippen molar-refractivity contribution in [1.29, 1.82) is 0 Å². The van der Waals surface area contributed by atoms with Crippen molar-refractivity contribution in [2.45, 2.75) is 45.4 Å². The van der Waals surface area contributed by atoms with E-state index in [1.165, 1.54) is 24.0 Å². The van der Waals surface area contributed by atoms with Gasteiger partial charge in [-0.1, -0.05) is 25.5 Å². The van der Waals surface area contributed by atoms with Crippen LogP contribution in [0.15, 0.2) is 36.8 Å². The Morgan fingerprint density at radius 2 is 2.00 bits per heavy atom. The summed E-state index contributed by atoms with van der Waals surface area (Å²) >= 11 is 0. The van der Waals surface area contributed by atoms with E-state index in [0.29, 0.717) is 0 Å². The third-order valence-corrected chi connectivity index (χ3v) is 3.91. The number of hydrogen-bond donors (Lipinski definition) is 1. The number of aromatic nitrogens is 2. The predicted octanol–water partition coefficient (Wildman–Crippen LogP) is 4.26. The number of nitrogens with one attached hydrogen (secondary N) is 1. The number of aryl methyl sites for hydroxylation is 2. The van der Waals surface area contributed by atoms with E-state index in [1.807, 2.05) is 12.3 Å². The van der Waals surface area contributed by atoms with E-state index < -0.39 is 0 Å². The molecule has 0 radical (unpaired) electrons. The molecule has 0 aliphatic carbocycles. The summed E-state index contributed by atoms with van der Waals surface area (Å²) in [6.07, 6.45) is 10.3. The molecule has 0 atom stereocenters. The Morgan fingerprint density at radius 3 is 2.83 bits per heavy atom. The summed E-state index contributed by atoms with van der Waals surface area (Å²) in [4.78, 5) is 8.54.